The number of nitrogens with one attached hydrogen (secondary N) is 1. The van der Waals surface area contributed by atoms with Gasteiger partial charge in [-0.05, 0) is 20.8 Å². The molecule has 2 aromatic heterocycles. The number of hydrogen-bond acceptors (Lipinski definition) is 15. The summed E-state index contributed by atoms with van der Waals surface area (Å²) in [6, 6.07) is 0. The lowest BCUT2D eigenvalue weighted by Crippen LogP contribution is -2.50. The fraction of sp³-hybridized carbons (Fsp3) is 0.696. The second kappa shape index (κ2) is 11.4. The minimum atomic E-state index is -4.32. The van der Waals surface area contributed by atoms with Gasteiger partial charge in [-0.1, -0.05) is 13.8 Å². The number of phosphoric acid groups is 1. The topological polar surface area (TPSA) is 245 Å². The van der Waals surface area contributed by atoms with Crippen LogP contribution in [0.15, 0.2) is 6.33 Å². The molecule has 2 fully saturated rings. The molecule has 1 amide bonds. The van der Waals surface area contributed by atoms with Crippen molar-refractivity contribution in [2.75, 3.05) is 31.2 Å². The molecule has 0 saturated carbocycles. The third-order valence-electron chi connectivity index (χ3n) is 6.64. The number of aliphatic hydroxyl groups is 2. The maximum Gasteiger partial charge on any atom is 0.475 e. The Bertz CT molecular complexity index is 1350. The molecule has 2 aliphatic rings. The molecule has 2 aliphatic heterocycles. The molecule has 0 aromatic carbocycles. The summed E-state index contributed by atoms with van der Waals surface area (Å²) in [5.74, 6) is -1.21. The van der Waals surface area contributed by atoms with Crippen LogP contribution in [0.4, 0.5) is 11.8 Å². The Morgan fingerprint density at radius 2 is 2.00 bits per heavy atom. The lowest BCUT2D eigenvalue weighted by molar-refractivity contribution is -0.147. The van der Waals surface area contributed by atoms with Gasteiger partial charge >= 0.3 is 13.8 Å². The van der Waals surface area contributed by atoms with Crippen molar-refractivity contribution < 1.29 is 47.4 Å². The van der Waals surface area contributed by atoms with Crippen molar-refractivity contribution in [2.45, 2.75) is 77.3 Å². The first-order valence-electron chi connectivity index (χ1n) is 12.9. The Labute approximate surface area is 235 Å². The molecule has 17 nitrogen and oxygen atoms in total. The lowest BCUT2D eigenvalue weighted by Gasteiger charge is -2.39. The first kappa shape index (κ1) is 31.0. The molecule has 0 spiro atoms. The Morgan fingerprint density at radius 1 is 1.29 bits per heavy atom. The van der Waals surface area contributed by atoms with E-state index in [0.29, 0.717) is 0 Å². The molecule has 4 heterocycles. The first-order valence-corrected chi connectivity index (χ1v) is 14.4. The molecule has 7 N–H and O–H groups in total. The van der Waals surface area contributed by atoms with Crippen molar-refractivity contribution >= 4 is 42.6 Å². The Morgan fingerprint density at radius 3 is 2.68 bits per heavy atom. The number of amides is 1. The van der Waals surface area contributed by atoms with Crippen LogP contribution in [0.3, 0.4) is 0 Å². The Hall–Kier alpha value is -2.92. The molecule has 6 unspecified atom stereocenters. The summed E-state index contributed by atoms with van der Waals surface area (Å²) in [6.45, 7) is 7.40. The van der Waals surface area contributed by atoms with Gasteiger partial charge in [-0.25, -0.2) is 9.55 Å². The van der Waals surface area contributed by atoms with Crippen molar-refractivity contribution in [1.29, 1.82) is 0 Å². The van der Waals surface area contributed by atoms with Gasteiger partial charge in [0.05, 0.1) is 32.1 Å². The smallest absolute Gasteiger partial charge is 0.463 e. The molecular weight excluding hydrogens is 565 g/mol. The number of phosphoric ester groups is 1. The molecule has 0 bridgehead atoms. The molecule has 2 saturated heterocycles. The van der Waals surface area contributed by atoms with Crippen LogP contribution in [-0.2, 0) is 37.2 Å². The van der Waals surface area contributed by atoms with E-state index in [0.717, 1.165) is 0 Å². The molecule has 4 rings (SSSR count). The van der Waals surface area contributed by atoms with E-state index in [1.165, 1.54) is 17.8 Å². The minimum Gasteiger partial charge on any atom is -0.463 e. The number of imidazole rings is 1. The van der Waals surface area contributed by atoms with E-state index in [-0.39, 0.29) is 48.6 Å². The van der Waals surface area contributed by atoms with E-state index >= 15 is 0 Å². The van der Waals surface area contributed by atoms with Crippen LogP contribution in [0.5, 0.6) is 0 Å². The number of esters is 1. The lowest BCUT2D eigenvalue weighted by atomic mass is 9.87. The normalized spacial score (nSPS) is 31.4. The van der Waals surface area contributed by atoms with Gasteiger partial charge in [0.1, 0.15) is 23.3 Å². The van der Waals surface area contributed by atoms with Crippen LogP contribution >= 0.6 is 7.82 Å². The fourth-order valence-electron chi connectivity index (χ4n) is 4.47. The summed E-state index contributed by atoms with van der Waals surface area (Å²) in [5.41, 5.74) is 9.15. The van der Waals surface area contributed by atoms with Gasteiger partial charge in [-0.2, -0.15) is 9.97 Å². The third kappa shape index (κ3) is 6.45. The predicted octanol–water partition coefficient (Wildman–Crippen LogP) is 0.0242. The van der Waals surface area contributed by atoms with Crippen molar-refractivity contribution in [3.63, 3.8) is 0 Å². The molecule has 0 radical (unpaired) electrons. The number of carbonyl (C=O) groups is 2. The van der Waals surface area contributed by atoms with Gasteiger partial charge in [0.25, 0.3) is 0 Å². The van der Waals surface area contributed by atoms with Crippen molar-refractivity contribution in [1.82, 2.24) is 24.8 Å². The Balaban J connectivity index is 1.42. The van der Waals surface area contributed by atoms with Gasteiger partial charge in [0.2, 0.25) is 11.9 Å². The standard InChI is InChI=1S/C23H36N7O10P/c1-11(2)38-13(31)6-7-26-19(33)16-22(3,4)9-37-41(35,40-16)36-8-12-15(32)23(5,34)20(39-12)30-10-27-14-17(24)28-21(25)29-18(14)30/h10-12,15-16,20,32,34H,6-9H2,1-5H3,(H,26,33)(H4,24,25,28,29). The monoisotopic (exact) mass is 601 g/mol. The summed E-state index contributed by atoms with van der Waals surface area (Å²) >= 11 is 0. The van der Waals surface area contributed by atoms with Crippen LogP contribution in [-0.4, -0.2) is 91.4 Å². The van der Waals surface area contributed by atoms with Gasteiger partial charge < -0.3 is 36.5 Å². The molecule has 2 aromatic rings. The first-order chi connectivity index (χ1) is 19.0. The summed E-state index contributed by atoms with van der Waals surface area (Å²) in [4.78, 5) is 36.7. The molecule has 18 heteroatoms. The minimum absolute atomic E-state index is 0.0178. The van der Waals surface area contributed by atoms with Gasteiger partial charge in [0.15, 0.2) is 23.8 Å². The summed E-state index contributed by atoms with van der Waals surface area (Å²) in [6.07, 6.45) is -4.26. The highest BCUT2D eigenvalue weighted by molar-refractivity contribution is 7.48. The largest absolute Gasteiger partial charge is 0.475 e. The third-order valence-corrected chi connectivity index (χ3v) is 8.02. The number of rotatable bonds is 9. The van der Waals surface area contributed by atoms with E-state index in [4.69, 9.17) is 34.5 Å². The number of anilines is 2. The molecule has 0 aliphatic carbocycles. The SMILES string of the molecule is CC(C)OC(=O)CCNC(=O)C1OP(=O)(OCC2OC(n3cnc4c(N)nc(N)nc43)C(C)(O)C2O)OCC1(C)C. The average Bonchev–Trinajstić information content (AvgIpc) is 3.37. The maximum absolute atomic E-state index is 13.3. The number of nitrogen functional groups attached to an aromatic ring is 2. The summed E-state index contributed by atoms with van der Waals surface area (Å²) in [7, 11) is -4.32. The van der Waals surface area contributed by atoms with E-state index in [1.807, 2.05) is 0 Å². The second-order valence-corrected chi connectivity index (χ2v) is 12.7. The number of nitrogens with zero attached hydrogens (tertiary/aromatic N) is 4. The predicted molar refractivity (Wildman–Crippen MR) is 142 cm³/mol. The zero-order chi connectivity index (χ0) is 30.3. The number of aromatic nitrogens is 4. The molecular formula is C23H36N7O10P. The number of carbonyl (C=O) groups excluding carboxylic acids is 2. The number of aliphatic hydroxyl groups excluding tert-OH is 1. The Kier molecular flexibility index (Phi) is 8.62. The van der Waals surface area contributed by atoms with Crippen LogP contribution in [0, 0.1) is 5.41 Å². The maximum atomic E-state index is 13.3. The second-order valence-electron chi connectivity index (χ2n) is 11.1. The fourth-order valence-corrected chi connectivity index (χ4v) is 6.12. The number of nitrogens with two attached hydrogens (primary N) is 2. The van der Waals surface area contributed by atoms with Crippen LogP contribution in [0.1, 0.15) is 47.3 Å². The summed E-state index contributed by atoms with van der Waals surface area (Å²) in [5, 5.41) is 24.5. The zero-order valence-electron chi connectivity index (χ0n) is 23.3. The van der Waals surface area contributed by atoms with Crippen LogP contribution < -0.4 is 16.8 Å². The van der Waals surface area contributed by atoms with E-state index in [2.05, 4.69) is 20.3 Å². The highest BCUT2D eigenvalue weighted by Gasteiger charge is 2.55. The zero-order valence-corrected chi connectivity index (χ0v) is 24.2. The quantitative estimate of drug-likeness (QED) is 0.188. The number of ether oxygens (including phenoxy) is 2. The van der Waals surface area contributed by atoms with Gasteiger partial charge in [-0.3, -0.25) is 27.7 Å². The van der Waals surface area contributed by atoms with Gasteiger partial charge in [-0.15, -0.1) is 0 Å². The van der Waals surface area contributed by atoms with Gasteiger partial charge in [0, 0.05) is 12.0 Å². The van der Waals surface area contributed by atoms with Crippen LogP contribution in [0.2, 0.25) is 0 Å². The number of hydrogen-bond donors (Lipinski definition) is 5. The number of fused-ring (bicyclic) bond motifs is 1. The molecule has 41 heavy (non-hydrogen) atoms. The van der Waals surface area contributed by atoms with Crippen LogP contribution in [0.25, 0.3) is 11.2 Å². The highest BCUT2D eigenvalue weighted by Crippen LogP contribution is 2.57. The highest BCUT2D eigenvalue weighted by atomic mass is 31.2. The van der Waals surface area contributed by atoms with Crippen molar-refractivity contribution in [2.24, 2.45) is 5.41 Å². The van der Waals surface area contributed by atoms with E-state index in [1.54, 1.807) is 27.7 Å². The van der Waals surface area contributed by atoms with E-state index < -0.39 is 61.9 Å². The molecule has 228 valence electrons. The molecule has 6 atom stereocenters. The summed E-state index contributed by atoms with van der Waals surface area (Å²) < 4.78 is 41.9. The van der Waals surface area contributed by atoms with Crippen molar-refractivity contribution in [3.05, 3.63) is 6.33 Å². The van der Waals surface area contributed by atoms with Crippen molar-refractivity contribution in [3.8, 4) is 0 Å². The van der Waals surface area contributed by atoms with E-state index in [9.17, 15) is 24.4 Å². The average molecular weight is 602 g/mol.